The fraction of sp³-hybridized carbons (Fsp3) is 0.160. The number of aromatic nitrogens is 3. The molecule has 4 rings (SSSR count). The Labute approximate surface area is 231 Å². The topological polar surface area (TPSA) is 78.3 Å². The molecule has 0 fully saturated rings. The van der Waals surface area contributed by atoms with Crippen molar-refractivity contribution in [2.75, 3.05) is 14.2 Å². The molecule has 0 aliphatic heterocycles. The first-order valence-electron chi connectivity index (χ1n) is 10.7. The Balaban J connectivity index is 1.58. The fourth-order valence-corrected chi connectivity index (χ4v) is 4.84. The minimum absolute atomic E-state index is 0.138. The minimum Gasteiger partial charge on any atom is -0.493 e. The first kappa shape index (κ1) is 26.3. The summed E-state index contributed by atoms with van der Waals surface area (Å²) in [6.45, 7) is 0.138. The van der Waals surface area contributed by atoms with E-state index in [9.17, 15) is 4.79 Å². The Morgan fingerprint density at radius 2 is 1.72 bits per heavy atom. The maximum Gasteiger partial charge on any atom is 0.251 e. The van der Waals surface area contributed by atoms with Gasteiger partial charge in [-0.3, -0.25) is 9.36 Å². The number of halogens is 3. The van der Waals surface area contributed by atoms with Gasteiger partial charge in [0.15, 0.2) is 22.5 Å². The number of hydrogen-bond donors (Lipinski definition) is 1. The summed E-state index contributed by atoms with van der Waals surface area (Å²) >= 11 is 17.4. The lowest BCUT2D eigenvalue weighted by Gasteiger charge is -2.13. The fourth-order valence-electron chi connectivity index (χ4n) is 3.36. The van der Waals surface area contributed by atoms with Crippen LogP contribution in [0.3, 0.4) is 0 Å². The molecule has 11 heteroatoms. The Morgan fingerprint density at radius 3 is 2.42 bits per heavy atom. The van der Waals surface area contributed by atoms with Gasteiger partial charge >= 0.3 is 0 Å². The van der Waals surface area contributed by atoms with Crippen molar-refractivity contribution in [2.24, 2.45) is 0 Å². The second kappa shape index (κ2) is 12.0. The number of hydrogen-bond acceptors (Lipinski definition) is 6. The monoisotopic (exact) mass is 606 g/mol. The smallest absolute Gasteiger partial charge is 0.251 e. The Kier molecular flexibility index (Phi) is 8.79. The van der Waals surface area contributed by atoms with Crippen LogP contribution in [0, 0.1) is 0 Å². The molecule has 0 saturated carbocycles. The predicted molar refractivity (Wildman–Crippen MR) is 146 cm³/mol. The van der Waals surface area contributed by atoms with Gasteiger partial charge in [0.25, 0.3) is 5.91 Å². The highest BCUT2D eigenvalue weighted by molar-refractivity contribution is 9.10. The van der Waals surface area contributed by atoms with E-state index in [1.807, 2.05) is 34.9 Å². The van der Waals surface area contributed by atoms with Crippen LogP contribution in [0.2, 0.25) is 10.0 Å². The normalized spacial score (nSPS) is 10.8. The molecule has 0 atom stereocenters. The van der Waals surface area contributed by atoms with Crippen LogP contribution in [0.4, 0.5) is 0 Å². The number of nitrogens with zero attached hydrogens (tertiary/aromatic N) is 3. The third kappa shape index (κ3) is 6.15. The van der Waals surface area contributed by atoms with Crippen molar-refractivity contribution in [3.05, 3.63) is 92.1 Å². The molecule has 0 bridgehead atoms. The average Bonchev–Trinajstić information content (AvgIpc) is 3.30. The van der Waals surface area contributed by atoms with Crippen molar-refractivity contribution in [1.29, 1.82) is 0 Å². The van der Waals surface area contributed by atoms with E-state index in [0.717, 1.165) is 15.7 Å². The summed E-state index contributed by atoms with van der Waals surface area (Å²) in [5.41, 5.74) is 2.30. The molecular formula is C25H21BrCl2N4O3S. The number of carbonyl (C=O) groups is 1. The van der Waals surface area contributed by atoms with Crippen LogP contribution in [-0.2, 0) is 12.3 Å². The number of nitrogens with one attached hydrogen (secondary N) is 1. The number of benzene rings is 3. The molecule has 0 saturated heterocycles. The summed E-state index contributed by atoms with van der Waals surface area (Å²) in [6, 6.07) is 18.3. The molecule has 0 unspecified atom stereocenters. The molecule has 7 nitrogen and oxygen atoms in total. The summed E-state index contributed by atoms with van der Waals surface area (Å²) in [6.07, 6.45) is 0. The average molecular weight is 608 g/mol. The molecular weight excluding hydrogens is 587 g/mol. The van der Waals surface area contributed by atoms with Crippen LogP contribution in [0.15, 0.2) is 70.3 Å². The molecule has 1 aromatic heterocycles. The van der Waals surface area contributed by atoms with Gasteiger partial charge in [0.1, 0.15) is 0 Å². The molecule has 0 spiro atoms. The summed E-state index contributed by atoms with van der Waals surface area (Å²) in [5, 5.41) is 13.1. The predicted octanol–water partition coefficient (Wildman–Crippen LogP) is 6.58. The first-order valence-corrected chi connectivity index (χ1v) is 13.2. The van der Waals surface area contributed by atoms with Gasteiger partial charge in [-0.25, -0.2) is 0 Å². The van der Waals surface area contributed by atoms with Gasteiger partial charge in [-0.05, 0) is 54.1 Å². The van der Waals surface area contributed by atoms with Gasteiger partial charge in [-0.2, -0.15) is 0 Å². The number of thioether (sulfide) groups is 1. The standard InChI is InChI=1S/C25H21BrCl2N4O3S/c1-34-21-10-5-16(11-22(21)35-2)24(33)29-13-23-30-31-25(36-14-15-3-6-17(26)7-4-15)32(23)18-8-9-19(27)20(28)12-18/h3-12H,13-14H2,1-2H3,(H,29,33). The second-order valence-corrected chi connectivity index (χ2v) is 10.2. The van der Waals surface area contributed by atoms with Gasteiger partial charge in [-0.15, -0.1) is 10.2 Å². The third-order valence-electron chi connectivity index (χ3n) is 5.20. The zero-order valence-corrected chi connectivity index (χ0v) is 23.2. The van der Waals surface area contributed by atoms with Gasteiger partial charge in [-0.1, -0.05) is 63.0 Å². The molecule has 186 valence electrons. The highest BCUT2D eigenvalue weighted by Crippen LogP contribution is 2.30. The van der Waals surface area contributed by atoms with Crippen molar-refractivity contribution >= 4 is 56.8 Å². The number of carbonyl (C=O) groups excluding carboxylic acids is 1. The second-order valence-electron chi connectivity index (χ2n) is 7.50. The van der Waals surface area contributed by atoms with E-state index in [1.54, 1.807) is 37.4 Å². The molecule has 0 radical (unpaired) electrons. The maximum atomic E-state index is 12.9. The Bertz CT molecular complexity index is 1380. The lowest BCUT2D eigenvalue weighted by atomic mass is 10.2. The first-order chi connectivity index (χ1) is 17.4. The van der Waals surface area contributed by atoms with Crippen LogP contribution in [-0.4, -0.2) is 34.9 Å². The van der Waals surface area contributed by atoms with Gasteiger partial charge in [0.05, 0.1) is 36.5 Å². The largest absolute Gasteiger partial charge is 0.493 e. The number of methoxy groups -OCH3 is 2. The van der Waals surface area contributed by atoms with E-state index in [-0.39, 0.29) is 12.5 Å². The molecule has 0 aliphatic carbocycles. The van der Waals surface area contributed by atoms with E-state index in [4.69, 9.17) is 32.7 Å². The lowest BCUT2D eigenvalue weighted by Crippen LogP contribution is -2.24. The van der Waals surface area contributed by atoms with E-state index in [2.05, 4.69) is 31.4 Å². The van der Waals surface area contributed by atoms with Crippen LogP contribution in [0.25, 0.3) is 5.69 Å². The van der Waals surface area contributed by atoms with E-state index in [0.29, 0.717) is 43.8 Å². The summed E-state index contributed by atoms with van der Waals surface area (Å²) < 4.78 is 13.4. The molecule has 36 heavy (non-hydrogen) atoms. The molecule has 0 aliphatic rings. The third-order valence-corrected chi connectivity index (χ3v) is 7.46. The van der Waals surface area contributed by atoms with E-state index < -0.39 is 0 Å². The van der Waals surface area contributed by atoms with Crippen molar-refractivity contribution in [2.45, 2.75) is 17.5 Å². The summed E-state index contributed by atoms with van der Waals surface area (Å²) in [4.78, 5) is 12.9. The van der Waals surface area contributed by atoms with Crippen LogP contribution < -0.4 is 14.8 Å². The van der Waals surface area contributed by atoms with Crippen LogP contribution >= 0.6 is 50.9 Å². The number of amides is 1. The zero-order valence-electron chi connectivity index (χ0n) is 19.3. The van der Waals surface area contributed by atoms with E-state index >= 15 is 0 Å². The molecule has 1 amide bonds. The van der Waals surface area contributed by atoms with Crippen LogP contribution in [0.1, 0.15) is 21.7 Å². The van der Waals surface area contributed by atoms with Crippen molar-refractivity contribution in [1.82, 2.24) is 20.1 Å². The van der Waals surface area contributed by atoms with Crippen LogP contribution in [0.5, 0.6) is 11.5 Å². The molecule has 1 heterocycles. The summed E-state index contributed by atoms with van der Waals surface area (Å²) in [5.74, 6) is 1.95. The molecule has 4 aromatic rings. The Hall–Kier alpha value is -2.72. The molecule has 1 N–H and O–H groups in total. The highest BCUT2D eigenvalue weighted by Gasteiger charge is 2.18. The van der Waals surface area contributed by atoms with Gasteiger partial charge in [0.2, 0.25) is 0 Å². The summed E-state index contributed by atoms with van der Waals surface area (Å²) in [7, 11) is 3.06. The molecule has 3 aromatic carbocycles. The SMILES string of the molecule is COc1ccc(C(=O)NCc2nnc(SCc3ccc(Br)cc3)n2-c2ccc(Cl)c(Cl)c2)cc1OC. The number of ether oxygens (including phenoxy) is 2. The van der Waals surface area contributed by atoms with Gasteiger partial charge in [0, 0.05) is 15.8 Å². The van der Waals surface area contributed by atoms with Gasteiger partial charge < -0.3 is 14.8 Å². The number of rotatable bonds is 9. The van der Waals surface area contributed by atoms with E-state index in [1.165, 1.54) is 18.9 Å². The lowest BCUT2D eigenvalue weighted by molar-refractivity contribution is 0.0949. The van der Waals surface area contributed by atoms with Crippen molar-refractivity contribution < 1.29 is 14.3 Å². The van der Waals surface area contributed by atoms with Crippen molar-refractivity contribution in [3.63, 3.8) is 0 Å². The van der Waals surface area contributed by atoms with Crippen molar-refractivity contribution in [3.8, 4) is 17.2 Å². The maximum absolute atomic E-state index is 12.9. The zero-order chi connectivity index (χ0) is 25.7. The highest BCUT2D eigenvalue weighted by atomic mass is 79.9. The Morgan fingerprint density at radius 1 is 0.972 bits per heavy atom. The minimum atomic E-state index is -0.288. The quantitative estimate of drug-likeness (QED) is 0.217.